The number of methoxy groups -OCH3 is 1. The number of rotatable bonds is 2. The summed E-state index contributed by atoms with van der Waals surface area (Å²) in [6, 6.07) is 5.40. The zero-order chi connectivity index (χ0) is 15.7. The molecule has 4 heteroatoms. The maximum Gasteiger partial charge on any atom is 0.188 e. The fraction of sp³-hybridized carbons (Fsp3) is 0.278. The van der Waals surface area contributed by atoms with Crippen LogP contribution >= 0.6 is 11.6 Å². The minimum Gasteiger partial charge on any atom is -0.495 e. The van der Waals surface area contributed by atoms with Crippen LogP contribution < -0.4 is 4.74 Å². The molecule has 0 radical (unpaired) electrons. The van der Waals surface area contributed by atoms with Crippen molar-refractivity contribution >= 4 is 23.5 Å². The van der Waals surface area contributed by atoms with E-state index in [2.05, 4.69) is 0 Å². The molecule has 1 saturated carbocycles. The average molecular weight is 319 g/mol. The summed E-state index contributed by atoms with van der Waals surface area (Å²) in [4.78, 5) is 12.6. The molecule has 0 aromatic heterocycles. The van der Waals surface area contributed by atoms with Crippen LogP contribution in [0.15, 0.2) is 47.3 Å². The van der Waals surface area contributed by atoms with Gasteiger partial charge in [0.25, 0.3) is 0 Å². The summed E-state index contributed by atoms with van der Waals surface area (Å²) >= 11 is 6.26. The Morgan fingerprint density at radius 3 is 3.00 bits per heavy atom. The molecular weight excluding hydrogens is 303 g/mol. The lowest BCUT2D eigenvalue weighted by atomic mass is 9.76. The van der Waals surface area contributed by atoms with E-state index in [4.69, 9.17) is 16.3 Å². The van der Waals surface area contributed by atoms with Gasteiger partial charge in [-0.15, -0.1) is 0 Å². The number of benzene rings is 1. The van der Waals surface area contributed by atoms with Crippen molar-refractivity contribution in [1.29, 1.82) is 0 Å². The first-order valence-corrected chi connectivity index (χ1v) is 7.63. The van der Waals surface area contributed by atoms with Gasteiger partial charge in [-0.1, -0.05) is 29.8 Å². The summed E-state index contributed by atoms with van der Waals surface area (Å²) < 4.78 is 19.2. The van der Waals surface area contributed by atoms with Gasteiger partial charge in [-0.2, -0.15) is 0 Å². The van der Waals surface area contributed by atoms with Crippen molar-refractivity contribution < 1.29 is 13.9 Å². The molecule has 2 nitrogen and oxygen atoms in total. The molecule has 0 amide bonds. The zero-order valence-corrected chi connectivity index (χ0v) is 13.0. The van der Waals surface area contributed by atoms with Crippen LogP contribution in [0.1, 0.15) is 24.8 Å². The predicted molar refractivity (Wildman–Crippen MR) is 85.6 cm³/mol. The Kier molecular flexibility index (Phi) is 4.16. The van der Waals surface area contributed by atoms with Gasteiger partial charge in [0, 0.05) is 11.1 Å². The van der Waals surface area contributed by atoms with Crippen molar-refractivity contribution in [3.05, 3.63) is 57.9 Å². The van der Waals surface area contributed by atoms with Gasteiger partial charge < -0.3 is 4.74 Å². The monoisotopic (exact) mass is 318 g/mol. The molecule has 2 aliphatic rings. The van der Waals surface area contributed by atoms with Gasteiger partial charge in [-0.05, 0) is 49.0 Å². The van der Waals surface area contributed by atoms with Gasteiger partial charge in [-0.25, -0.2) is 4.39 Å². The van der Waals surface area contributed by atoms with Gasteiger partial charge in [0.15, 0.2) is 5.78 Å². The first kappa shape index (κ1) is 15.0. The fourth-order valence-electron chi connectivity index (χ4n) is 3.03. The van der Waals surface area contributed by atoms with Gasteiger partial charge in [0.2, 0.25) is 0 Å². The molecule has 2 aliphatic carbocycles. The molecule has 1 fully saturated rings. The van der Waals surface area contributed by atoms with E-state index in [-0.39, 0.29) is 11.7 Å². The predicted octanol–water partition coefficient (Wildman–Crippen LogP) is 4.89. The van der Waals surface area contributed by atoms with Crippen LogP contribution in [0.3, 0.4) is 0 Å². The van der Waals surface area contributed by atoms with E-state index < -0.39 is 5.83 Å². The van der Waals surface area contributed by atoms with Crippen LogP contribution in [0.4, 0.5) is 4.39 Å². The zero-order valence-electron chi connectivity index (χ0n) is 12.2. The number of allylic oxidation sites excluding steroid dienone is 5. The topological polar surface area (TPSA) is 26.3 Å². The number of fused-ring (bicyclic) bond motifs is 1. The second-order valence-corrected chi connectivity index (χ2v) is 5.88. The second kappa shape index (κ2) is 6.09. The minimum absolute atomic E-state index is 0.00966. The number of hydrogen-bond donors (Lipinski definition) is 0. The van der Waals surface area contributed by atoms with Gasteiger partial charge in [0.05, 0.1) is 12.1 Å². The average Bonchev–Trinajstić information content (AvgIpc) is 2.52. The summed E-state index contributed by atoms with van der Waals surface area (Å²) in [5, 5.41) is 0.463. The molecule has 0 saturated heterocycles. The number of halogens is 2. The van der Waals surface area contributed by atoms with Gasteiger partial charge in [-0.3, -0.25) is 4.79 Å². The highest BCUT2D eigenvalue weighted by Crippen LogP contribution is 2.39. The van der Waals surface area contributed by atoms with Crippen molar-refractivity contribution in [2.24, 2.45) is 5.92 Å². The van der Waals surface area contributed by atoms with Crippen LogP contribution in [-0.4, -0.2) is 12.9 Å². The lowest BCUT2D eigenvalue weighted by molar-refractivity contribution is -0.113. The fourth-order valence-corrected chi connectivity index (χ4v) is 3.29. The molecular formula is C18H16ClFO2. The lowest BCUT2D eigenvalue weighted by Crippen LogP contribution is -2.23. The molecule has 1 aromatic rings. The maximum atomic E-state index is 14.0. The van der Waals surface area contributed by atoms with E-state index in [1.807, 2.05) is 12.1 Å². The third kappa shape index (κ3) is 2.61. The van der Waals surface area contributed by atoms with Gasteiger partial charge >= 0.3 is 0 Å². The summed E-state index contributed by atoms with van der Waals surface area (Å²) in [7, 11) is 1.54. The quantitative estimate of drug-likeness (QED) is 0.725. The molecule has 0 bridgehead atoms. The molecule has 0 spiro atoms. The Morgan fingerprint density at radius 1 is 1.41 bits per heavy atom. The largest absolute Gasteiger partial charge is 0.495 e. The Labute approximate surface area is 133 Å². The van der Waals surface area contributed by atoms with E-state index in [0.29, 0.717) is 28.3 Å². The third-order valence-electron chi connectivity index (χ3n) is 4.19. The molecule has 22 heavy (non-hydrogen) atoms. The van der Waals surface area contributed by atoms with E-state index in [1.54, 1.807) is 25.3 Å². The van der Waals surface area contributed by atoms with E-state index >= 15 is 0 Å². The van der Waals surface area contributed by atoms with Crippen molar-refractivity contribution in [1.82, 2.24) is 0 Å². The van der Waals surface area contributed by atoms with Crippen molar-refractivity contribution in [3.8, 4) is 5.75 Å². The molecule has 114 valence electrons. The first-order valence-electron chi connectivity index (χ1n) is 7.25. The van der Waals surface area contributed by atoms with E-state index in [1.165, 1.54) is 6.08 Å². The number of carbonyl (C=O) groups excluding carboxylic acids is 1. The number of carbonyl (C=O) groups is 1. The summed E-state index contributed by atoms with van der Waals surface area (Å²) in [6.07, 6.45) is 7.10. The SMILES string of the molecule is COc1cccc(C=C2CCC3CC=CC(F)=C3C2=O)c1Cl. The number of ketones is 1. The van der Waals surface area contributed by atoms with Crippen LogP contribution in [-0.2, 0) is 4.79 Å². The van der Waals surface area contributed by atoms with Crippen molar-refractivity contribution in [2.75, 3.05) is 7.11 Å². The second-order valence-electron chi connectivity index (χ2n) is 5.50. The smallest absolute Gasteiger partial charge is 0.188 e. The van der Waals surface area contributed by atoms with Crippen LogP contribution in [0.25, 0.3) is 6.08 Å². The Morgan fingerprint density at radius 2 is 2.23 bits per heavy atom. The van der Waals surface area contributed by atoms with Crippen molar-refractivity contribution in [3.63, 3.8) is 0 Å². The number of Topliss-reactive ketones (excluding diaryl/α,β-unsaturated/α-hetero) is 1. The molecule has 0 N–H and O–H groups in total. The molecule has 1 atom stereocenters. The standard InChI is InChI=1S/C18H16ClFO2/c1-22-15-7-3-5-12(17(15)19)10-13-9-8-11-4-2-6-14(20)16(11)18(13)21/h2-3,5-7,10-11H,4,8-9H2,1H3. The number of ether oxygens (including phenoxy) is 1. The summed E-state index contributed by atoms with van der Waals surface area (Å²) in [6.45, 7) is 0. The highest BCUT2D eigenvalue weighted by molar-refractivity contribution is 6.33. The third-order valence-corrected chi connectivity index (χ3v) is 4.60. The highest BCUT2D eigenvalue weighted by Gasteiger charge is 2.32. The Hall–Kier alpha value is -1.87. The Bertz CT molecular complexity index is 716. The normalized spacial score (nSPS) is 23.0. The van der Waals surface area contributed by atoms with Crippen LogP contribution in [0, 0.1) is 5.92 Å². The maximum absolute atomic E-state index is 14.0. The summed E-state index contributed by atoms with van der Waals surface area (Å²) in [5.41, 5.74) is 1.64. The summed E-state index contributed by atoms with van der Waals surface area (Å²) in [5.74, 6) is -0.0286. The van der Waals surface area contributed by atoms with Gasteiger partial charge in [0.1, 0.15) is 11.6 Å². The minimum atomic E-state index is -0.399. The molecule has 1 unspecified atom stereocenters. The van der Waals surface area contributed by atoms with Crippen molar-refractivity contribution in [2.45, 2.75) is 19.3 Å². The molecule has 0 heterocycles. The number of hydrogen-bond acceptors (Lipinski definition) is 2. The molecule has 0 aliphatic heterocycles. The lowest BCUT2D eigenvalue weighted by Gasteiger charge is -2.27. The Balaban J connectivity index is 1.99. The first-order chi connectivity index (χ1) is 10.6. The van der Waals surface area contributed by atoms with E-state index in [9.17, 15) is 9.18 Å². The highest BCUT2D eigenvalue weighted by atomic mass is 35.5. The molecule has 3 rings (SSSR count). The van der Waals surface area contributed by atoms with Crippen LogP contribution in [0.5, 0.6) is 5.75 Å². The van der Waals surface area contributed by atoms with Crippen LogP contribution in [0.2, 0.25) is 5.02 Å². The van der Waals surface area contributed by atoms with E-state index in [0.717, 1.165) is 18.4 Å². The molecule has 1 aromatic carbocycles.